The fourth-order valence-electron chi connectivity index (χ4n) is 1.57. The van der Waals surface area contributed by atoms with Crippen molar-refractivity contribution in [2.24, 2.45) is 5.73 Å². The van der Waals surface area contributed by atoms with Crippen LogP contribution in [0, 0.1) is 0 Å². The van der Waals surface area contributed by atoms with Gasteiger partial charge < -0.3 is 10.5 Å². The summed E-state index contributed by atoms with van der Waals surface area (Å²) in [5.74, 6) is -0.380. The molecule has 0 radical (unpaired) electrons. The van der Waals surface area contributed by atoms with E-state index in [1.54, 1.807) is 7.11 Å². The van der Waals surface area contributed by atoms with Gasteiger partial charge in [-0.25, -0.2) is 0 Å². The molecule has 0 saturated heterocycles. The number of benzene rings is 1. The zero-order valence-electron chi connectivity index (χ0n) is 9.64. The Labute approximate surface area is 95.8 Å². The lowest BCUT2D eigenvalue weighted by Gasteiger charge is -2.20. The van der Waals surface area contributed by atoms with Crippen LogP contribution in [0.1, 0.15) is 18.5 Å². The predicted molar refractivity (Wildman–Crippen MR) is 62.9 cm³/mol. The van der Waals surface area contributed by atoms with E-state index >= 15 is 0 Å². The van der Waals surface area contributed by atoms with Gasteiger partial charge in [0.2, 0.25) is 5.91 Å². The highest BCUT2D eigenvalue weighted by molar-refractivity contribution is 5.81. The summed E-state index contributed by atoms with van der Waals surface area (Å²) in [5, 5.41) is 3.13. The highest BCUT2D eigenvalue weighted by atomic mass is 16.5. The molecule has 0 saturated carbocycles. The van der Waals surface area contributed by atoms with Crippen molar-refractivity contribution in [2.45, 2.75) is 19.0 Å². The van der Waals surface area contributed by atoms with Crippen LogP contribution in [0.15, 0.2) is 30.3 Å². The summed E-state index contributed by atoms with van der Waals surface area (Å²) in [6.07, 6.45) is 0. The highest BCUT2D eigenvalue weighted by Gasteiger charge is 2.19. The van der Waals surface area contributed by atoms with Crippen LogP contribution >= 0.6 is 0 Å². The van der Waals surface area contributed by atoms with Gasteiger partial charge in [0.25, 0.3) is 0 Å². The van der Waals surface area contributed by atoms with Gasteiger partial charge >= 0.3 is 0 Å². The van der Waals surface area contributed by atoms with E-state index in [-0.39, 0.29) is 11.9 Å². The van der Waals surface area contributed by atoms with Crippen molar-refractivity contribution in [1.29, 1.82) is 0 Å². The summed E-state index contributed by atoms with van der Waals surface area (Å²) in [5.41, 5.74) is 6.24. The molecule has 88 valence electrons. The second kappa shape index (κ2) is 6.25. The Morgan fingerprint density at radius 2 is 2.06 bits per heavy atom. The monoisotopic (exact) mass is 222 g/mol. The van der Waals surface area contributed by atoms with E-state index in [0.29, 0.717) is 6.61 Å². The van der Waals surface area contributed by atoms with Crippen LogP contribution in [-0.2, 0) is 9.53 Å². The van der Waals surface area contributed by atoms with E-state index < -0.39 is 6.04 Å². The number of carbonyl (C=O) groups excluding carboxylic acids is 1. The first-order valence-electron chi connectivity index (χ1n) is 5.24. The minimum Gasteiger partial charge on any atom is -0.383 e. The van der Waals surface area contributed by atoms with Gasteiger partial charge in [0.05, 0.1) is 6.61 Å². The molecule has 16 heavy (non-hydrogen) atoms. The molecule has 0 fully saturated rings. The van der Waals surface area contributed by atoms with E-state index in [1.807, 2.05) is 37.3 Å². The van der Waals surface area contributed by atoms with Crippen LogP contribution in [0.25, 0.3) is 0 Å². The normalized spacial score (nSPS) is 14.4. The number of nitrogens with one attached hydrogen (secondary N) is 1. The third-order valence-corrected chi connectivity index (χ3v) is 2.29. The molecule has 2 atom stereocenters. The maximum absolute atomic E-state index is 11.4. The molecule has 4 heteroatoms. The molecule has 4 nitrogen and oxygen atoms in total. The first-order valence-corrected chi connectivity index (χ1v) is 5.24. The van der Waals surface area contributed by atoms with E-state index in [0.717, 1.165) is 5.56 Å². The summed E-state index contributed by atoms with van der Waals surface area (Å²) in [6.45, 7) is 2.49. The fourth-order valence-corrected chi connectivity index (χ4v) is 1.57. The molecule has 0 bridgehead atoms. The molecule has 1 amide bonds. The molecule has 0 spiro atoms. The molecule has 3 N–H and O–H groups in total. The zero-order chi connectivity index (χ0) is 12.0. The smallest absolute Gasteiger partial charge is 0.239 e. The van der Waals surface area contributed by atoms with Gasteiger partial charge in [0, 0.05) is 13.2 Å². The largest absolute Gasteiger partial charge is 0.383 e. The number of nitrogens with two attached hydrogens (primary N) is 1. The summed E-state index contributed by atoms with van der Waals surface area (Å²) in [4.78, 5) is 11.4. The van der Waals surface area contributed by atoms with Gasteiger partial charge in [0.15, 0.2) is 0 Å². The molecule has 1 aromatic rings. The van der Waals surface area contributed by atoms with Gasteiger partial charge in [-0.1, -0.05) is 30.3 Å². The van der Waals surface area contributed by atoms with Crippen LogP contribution in [0.5, 0.6) is 0 Å². The van der Waals surface area contributed by atoms with Gasteiger partial charge in [-0.05, 0) is 12.5 Å². The first kappa shape index (κ1) is 12.7. The van der Waals surface area contributed by atoms with Crippen molar-refractivity contribution in [3.05, 3.63) is 35.9 Å². The Kier molecular flexibility index (Phi) is 4.95. The molecule has 0 heterocycles. The third kappa shape index (κ3) is 3.64. The van der Waals surface area contributed by atoms with Crippen molar-refractivity contribution < 1.29 is 9.53 Å². The molecule has 0 aliphatic heterocycles. The molecular formula is C12H18N2O2. The van der Waals surface area contributed by atoms with Crippen LogP contribution < -0.4 is 11.1 Å². The lowest BCUT2D eigenvalue weighted by molar-refractivity contribution is -0.120. The Morgan fingerprint density at radius 3 is 2.56 bits per heavy atom. The number of amides is 1. The molecule has 0 aromatic heterocycles. The van der Waals surface area contributed by atoms with Crippen LogP contribution in [-0.4, -0.2) is 25.7 Å². The number of methoxy groups -OCH3 is 1. The van der Waals surface area contributed by atoms with Crippen LogP contribution in [0.3, 0.4) is 0 Å². The van der Waals surface area contributed by atoms with Crippen molar-refractivity contribution in [3.63, 3.8) is 0 Å². The Balaban J connectivity index is 2.73. The highest BCUT2D eigenvalue weighted by Crippen LogP contribution is 2.12. The van der Waals surface area contributed by atoms with E-state index in [4.69, 9.17) is 10.5 Å². The Morgan fingerprint density at radius 1 is 1.44 bits per heavy atom. The number of ether oxygens (including phenoxy) is 1. The van der Waals surface area contributed by atoms with Crippen molar-refractivity contribution >= 4 is 5.91 Å². The lowest BCUT2D eigenvalue weighted by atomic mass is 10.1. The average Bonchev–Trinajstić information content (AvgIpc) is 2.27. The first-order chi connectivity index (χ1) is 7.65. The lowest BCUT2D eigenvalue weighted by Crippen LogP contribution is -2.40. The minimum absolute atomic E-state index is 0.0720. The maximum atomic E-state index is 11.4. The van der Waals surface area contributed by atoms with Gasteiger partial charge in [-0.2, -0.15) is 0 Å². The van der Waals surface area contributed by atoms with E-state index in [9.17, 15) is 4.79 Å². The summed E-state index contributed by atoms with van der Waals surface area (Å²) in [6, 6.07) is 9.03. The van der Waals surface area contributed by atoms with Crippen molar-refractivity contribution in [1.82, 2.24) is 5.32 Å². The fraction of sp³-hybridized carbons (Fsp3) is 0.417. The number of hydrogen-bond donors (Lipinski definition) is 2. The number of primary amides is 1. The Bertz CT molecular complexity index is 327. The predicted octanol–water partition coefficient (Wildman–Crippen LogP) is 0.838. The SMILES string of the molecule is COC[C@@H](C)N[C@@H](C(N)=O)c1ccccc1. The molecule has 1 aromatic carbocycles. The van der Waals surface area contributed by atoms with Crippen molar-refractivity contribution in [2.75, 3.05) is 13.7 Å². The molecule has 0 unspecified atom stereocenters. The zero-order valence-corrected chi connectivity index (χ0v) is 9.64. The molecule has 0 aliphatic carbocycles. The van der Waals surface area contributed by atoms with Gasteiger partial charge in [-0.15, -0.1) is 0 Å². The summed E-state index contributed by atoms with van der Waals surface area (Å²) < 4.78 is 5.01. The Hall–Kier alpha value is -1.39. The summed E-state index contributed by atoms with van der Waals surface area (Å²) in [7, 11) is 1.62. The number of rotatable bonds is 6. The van der Waals surface area contributed by atoms with Crippen molar-refractivity contribution in [3.8, 4) is 0 Å². The number of hydrogen-bond acceptors (Lipinski definition) is 3. The summed E-state index contributed by atoms with van der Waals surface area (Å²) >= 11 is 0. The van der Waals surface area contributed by atoms with Crippen LogP contribution in [0.2, 0.25) is 0 Å². The molecule has 0 aliphatic rings. The second-order valence-corrected chi connectivity index (χ2v) is 3.77. The second-order valence-electron chi connectivity index (χ2n) is 3.77. The minimum atomic E-state index is -0.466. The standard InChI is InChI=1S/C12H18N2O2/c1-9(8-16-2)14-11(12(13)15)10-6-4-3-5-7-10/h3-7,9,11,14H,8H2,1-2H3,(H2,13,15)/t9-,11-/m1/s1. The maximum Gasteiger partial charge on any atom is 0.239 e. The number of carbonyl (C=O) groups is 1. The molecule has 1 rings (SSSR count). The third-order valence-electron chi connectivity index (χ3n) is 2.29. The van der Waals surface area contributed by atoms with Gasteiger partial charge in [0.1, 0.15) is 6.04 Å². The topological polar surface area (TPSA) is 64.3 Å². The van der Waals surface area contributed by atoms with Gasteiger partial charge in [-0.3, -0.25) is 10.1 Å². The molecular weight excluding hydrogens is 204 g/mol. The van der Waals surface area contributed by atoms with E-state index in [2.05, 4.69) is 5.32 Å². The van der Waals surface area contributed by atoms with Crippen LogP contribution in [0.4, 0.5) is 0 Å². The average molecular weight is 222 g/mol. The quantitative estimate of drug-likeness (QED) is 0.749. The van der Waals surface area contributed by atoms with E-state index in [1.165, 1.54) is 0 Å².